The van der Waals surface area contributed by atoms with Gasteiger partial charge in [0.15, 0.2) is 0 Å². The van der Waals surface area contributed by atoms with Crippen molar-refractivity contribution in [2.24, 2.45) is 0 Å². The van der Waals surface area contributed by atoms with E-state index in [1.807, 2.05) is 55.5 Å². The Bertz CT molecular complexity index is 770. The molecule has 1 aromatic heterocycles. The van der Waals surface area contributed by atoms with E-state index >= 15 is 0 Å². The van der Waals surface area contributed by atoms with Crippen molar-refractivity contribution < 1.29 is 5.11 Å². The van der Waals surface area contributed by atoms with Crippen LogP contribution in [-0.4, -0.2) is 10.1 Å². The molecule has 3 heteroatoms. The van der Waals surface area contributed by atoms with Crippen LogP contribution in [0.5, 0.6) is 0 Å². The molecule has 3 rings (SSSR count). The van der Waals surface area contributed by atoms with Crippen LogP contribution in [0, 0.1) is 6.92 Å². The van der Waals surface area contributed by atoms with Crippen molar-refractivity contribution in [3.63, 3.8) is 0 Å². The monoisotopic (exact) mass is 327 g/mol. The molecule has 2 aromatic carbocycles. The Morgan fingerprint density at radius 1 is 1.10 bits per heavy atom. The first-order chi connectivity index (χ1) is 9.65. The Morgan fingerprint density at radius 3 is 2.75 bits per heavy atom. The van der Waals surface area contributed by atoms with E-state index in [-0.39, 0.29) is 0 Å². The van der Waals surface area contributed by atoms with Gasteiger partial charge in [0.05, 0.1) is 5.52 Å². The van der Waals surface area contributed by atoms with Crippen LogP contribution >= 0.6 is 15.9 Å². The van der Waals surface area contributed by atoms with Gasteiger partial charge in [0.25, 0.3) is 0 Å². The van der Waals surface area contributed by atoms with Crippen LogP contribution in [0.25, 0.3) is 10.9 Å². The highest BCUT2D eigenvalue weighted by Gasteiger charge is 2.13. The molecule has 0 aliphatic carbocycles. The summed E-state index contributed by atoms with van der Waals surface area (Å²) in [7, 11) is 0. The highest BCUT2D eigenvalue weighted by atomic mass is 79.9. The van der Waals surface area contributed by atoms with E-state index in [4.69, 9.17) is 0 Å². The van der Waals surface area contributed by atoms with E-state index in [2.05, 4.69) is 20.9 Å². The van der Waals surface area contributed by atoms with Gasteiger partial charge in [0.2, 0.25) is 0 Å². The molecule has 0 amide bonds. The minimum Gasteiger partial charge on any atom is -0.384 e. The van der Waals surface area contributed by atoms with E-state index < -0.39 is 6.10 Å². The van der Waals surface area contributed by atoms with Gasteiger partial charge in [-0.1, -0.05) is 40.2 Å². The Kier molecular flexibility index (Phi) is 3.55. The number of pyridine rings is 1. The fourth-order valence-electron chi connectivity index (χ4n) is 2.38. The fraction of sp³-hybridized carbons (Fsp3) is 0.118. The minimum atomic E-state index is -0.630. The van der Waals surface area contributed by atoms with Gasteiger partial charge in [0, 0.05) is 16.1 Å². The van der Waals surface area contributed by atoms with Gasteiger partial charge in [-0.15, -0.1) is 0 Å². The predicted octanol–water partition coefficient (Wildman–Crippen LogP) is 4.39. The molecule has 0 fully saturated rings. The highest BCUT2D eigenvalue weighted by Crippen LogP contribution is 2.28. The second-order valence-corrected chi connectivity index (χ2v) is 5.77. The SMILES string of the molecule is Cc1cc(Br)ccc1C(O)c1ccc2cccnc2c1. The van der Waals surface area contributed by atoms with Crippen LogP contribution in [0.15, 0.2) is 59.2 Å². The molecule has 0 bridgehead atoms. The van der Waals surface area contributed by atoms with Gasteiger partial charge in [-0.2, -0.15) is 0 Å². The summed E-state index contributed by atoms with van der Waals surface area (Å²) in [4.78, 5) is 4.34. The summed E-state index contributed by atoms with van der Waals surface area (Å²) in [6, 6.07) is 15.7. The normalized spacial score (nSPS) is 12.6. The Labute approximate surface area is 126 Å². The van der Waals surface area contributed by atoms with Crippen molar-refractivity contribution in [1.82, 2.24) is 4.98 Å². The summed E-state index contributed by atoms with van der Waals surface area (Å²) in [6.07, 6.45) is 1.14. The van der Waals surface area contributed by atoms with Gasteiger partial charge in [0.1, 0.15) is 6.10 Å². The van der Waals surface area contributed by atoms with Crippen LogP contribution in [0.2, 0.25) is 0 Å². The lowest BCUT2D eigenvalue weighted by Crippen LogP contribution is -2.02. The van der Waals surface area contributed by atoms with Crippen molar-refractivity contribution >= 4 is 26.8 Å². The maximum atomic E-state index is 10.6. The number of aromatic nitrogens is 1. The summed E-state index contributed by atoms with van der Waals surface area (Å²) in [5, 5.41) is 11.7. The number of aliphatic hydroxyl groups is 1. The number of hydrogen-bond acceptors (Lipinski definition) is 2. The number of aliphatic hydroxyl groups excluding tert-OH is 1. The summed E-state index contributed by atoms with van der Waals surface area (Å²) in [5.74, 6) is 0. The average Bonchev–Trinajstić information content (AvgIpc) is 2.46. The maximum absolute atomic E-state index is 10.6. The zero-order valence-electron chi connectivity index (χ0n) is 11.0. The molecule has 0 saturated heterocycles. The molecule has 20 heavy (non-hydrogen) atoms. The van der Waals surface area contributed by atoms with E-state index in [1.165, 1.54) is 0 Å². The van der Waals surface area contributed by atoms with Gasteiger partial charge in [-0.3, -0.25) is 4.98 Å². The molecule has 1 unspecified atom stereocenters. The molecule has 3 aromatic rings. The van der Waals surface area contributed by atoms with E-state index in [1.54, 1.807) is 6.20 Å². The average molecular weight is 328 g/mol. The Balaban J connectivity index is 2.05. The summed E-state index contributed by atoms with van der Waals surface area (Å²) in [5.41, 5.74) is 3.75. The third-order valence-electron chi connectivity index (χ3n) is 3.47. The quantitative estimate of drug-likeness (QED) is 0.757. The van der Waals surface area contributed by atoms with Crippen molar-refractivity contribution in [2.75, 3.05) is 0 Å². The van der Waals surface area contributed by atoms with Crippen molar-refractivity contribution in [3.05, 3.63) is 75.9 Å². The van der Waals surface area contributed by atoms with Crippen LogP contribution in [0.4, 0.5) is 0 Å². The molecule has 0 aliphatic heterocycles. The van der Waals surface area contributed by atoms with Crippen LogP contribution in [0.1, 0.15) is 22.8 Å². The molecule has 0 saturated carbocycles. The standard InChI is InChI=1S/C17H14BrNO/c1-11-9-14(18)6-7-15(11)17(20)13-5-4-12-3-2-8-19-16(12)10-13/h2-10,17,20H,1H3. The van der Waals surface area contributed by atoms with E-state index in [0.29, 0.717) is 0 Å². The first-order valence-corrected chi connectivity index (χ1v) is 7.23. The largest absolute Gasteiger partial charge is 0.384 e. The second-order valence-electron chi connectivity index (χ2n) is 4.86. The van der Waals surface area contributed by atoms with E-state index in [9.17, 15) is 5.11 Å². The molecule has 0 radical (unpaired) electrons. The fourth-order valence-corrected chi connectivity index (χ4v) is 2.85. The third-order valence-corrected chi connectivity index (χ3v) is 3.97. The van der Waals surface area contributed by atoms with E-state index in [0.717, 1.165) is 32.1 Å². The molecule has 1 N–H and O–H groups in total. The molecule has 0 aliphatic rings. The predicted molar refractivity (Wildman–Crippen MR) is 84.7 cm³/mol. The zero-order chi connectivity index (χ0) is 14.1. The lowest BCUT2D eigenvalue weighted by atomic mass is 9.97. The third kappa shape index (κ3) is 2.47. The maximum Gasteiger partial charge on any atom is 0.104 e. The lowest BCUT2D eigenvalue weighted by Gasteiger charge is -2.15. The molecular weight excluding hydrogens is 314 g/mol. The minimum absolute atomic E-state index is 0.630. The molecular formula is C17H14BrNO. The number of aryl methyl sites for hydroxylation is 1. The van der Waals surface area contributed by atoms with Crippen molar-refractivity contribution in [1.29, 1.82) is 0 Å². The summed E-state index contributed by atoms with van der Waals surface area (Å²) in [6.45, 7) is 2.00. The zero-order valence-corrected chi connectivity index (χ0v) is 12.6. The summed E-state index contributed by atoms with van der Waals surface area (Å²) < 4.78 is 1.02. The van der Waals surface area contributed by atoms with Gasteiger partial charge in [-0.25, -0.2) is 0 Å². The lowest BCUT2D eigenvalue weighted by molar-refractivity contribution is 0.219. The molecule has 100 valence electrons. The summed E-state index contributed by atoms with van der Waals surface area (Å²) >= 11 is 3.44. The van der Waals surface area contributed by atoms with Crippen LogP contribution in [0.3, 0.4) is 0 Å². The highest BCUT2D eigenvalue weighted by molar-refractivity contribution is 9.10. The number of halogens is 1. The van der Waals surface area contributed by atoms with Gasteiger partial charge < -0.3 is 5.11 Å². The number of nitrogens with zero attached hydrogens (tertiary/aromatic N) is 1. The van der Waals surface area contributed by atoms with Crippen molar-refractivity contribution in [3.8, 4) is 0 Å². The molecule has 1 atom stereocenters. The number of benzene rings is 2. The Hall–Kier alpha value is -1.71. The number of rotatable bonds is 2. The second kappa shape index (κ2) is 5.35. The first-order valence-electron chi connectivity index (χ1n) is 6.44. The molecule has 1 heterocycles. The Morgan fingerprint density at radius 2 is 1.95 bits per heavy atom. The van der Waals surface area contributed by atoms with Crippen molar-refractivity contribution in [2.45, 2.75) is 13.0 Å². The topological polar surface area (TPSA) is 33.1 Å². The number of hydrogen-bond donors (Lipinski definition) is 1. The smallest absolute Gasteiger partial charge is 0.104 e. The first kappa shape index (κ1) is 13.3. The van der Waals surface area contributed by atoms with Gasteiger partial charge >= 0.3 is 0 Å². The van der Waals surface area contributed by atoms with Gasteiger partial charge in [-0.05, 0) is 47.9 Å². The number of fused-ring (bicyclic) bond motifs is 1. The molecule has 2 nitrogen and oxygen atoms in total. The molecule has 0 spiro atoms. The van der Waals surface area contributed by atoms with Crippen LogP contribution < -0.4 is 0 Å². The van der Waals surface area contributed by atoms with Crippen LogP contribution in [-0.2, 0) is 0 Å².